The summed E-state index contributed by atoms with van der Waals surface area (Å²) in [5.41, 5.74) is 2.76. The topological polar surface area (TPSA) is 33.1 Å². The van der Waals surface area contributed by atoms with Crippen LogP contribution in [-0.4, -0.2) is 10.1 Å². The highest BCUT2D eigenvalue weighted by atomic mass is 35.5. The molecule has 2 nitrogen and oxygen atoms in total. The van der Waals surface area contributed by atoms with Crippen LogP contribution in [0.4, 0.5) is 0 Å². The molecule has 0 aliphatic heterocycles. The predicted molar refractivity (Wildman–Crippen MR) is 69.1 cm³/mol. The first-order valence-electron chi connectivity index (χ1n) is 5.50. The number of halogens is 1. The molecule has 0 spiro atoms. The van der Waals surface area contributed by atoms with Crippen molar-refractivity contribution in [2.75, 3.05) is 0 Å². The Balaban J connectivity index is 2.17. The molecule has 1 aromatic heterocycles. The minimum atomic E-state index is -0.567. The lowest BCUT2D eigenvalue weighted by Crippen LogP contribution is -2.03. The summed E-state index contributed by atoms with van der Waals surface area (Å²) in [6, 6.07) is 11.3. The maximum Gasteiger partial charge on any atom is 0.0846 e. The molecule has 3 heteroatoms. The van der Waals surface area contributed by atoms with Crippen LogP contribution in [0.15, 0.2) is 42.6 Å². The van der Waals surface area contributed by atoms with Gasteiger partial charge >= 0.3 is 0 Å². The molecule has 1 unspecified atom stereocenters. The summed E-state index contributed by atoms with van der Waals surface area (Å²) in [6.45, 7) is 1.96. The van der Waals surface area contributed by atoms with Gasteiger partial charge in [0.25, 0.3) is 0 Å². The molecular weight excluding hydrogens is 234 g/mol. The van der Waals surface area contributed by atoms with Gasteiger partial charge in [-0.15, -0.1) is 0 Å². The molecule has 0 saturated carbocycles. The highest BCUT2D eigenvalue weighted by molar-refractivity contribution is 6.30. The first-order valence-corrected chi connectivity index (χ1v) is 5.88. The van der Waals surface area contributed by atoms with Gasteiger partial charge in [-0.3, -0.25) is 4.98 Å². The van der Waals surface area contributed by atoms with Gasteiger partial charge in [0.15, 0.2) is 0 Å². The van der Waals surface area contributed by atoms with E-state index in [1.165, 1.54) is 0 Å². The Bertz CT molecular complexity index is 479. The van der Waals surface area contributed by atoms with Crippen LogP contribution in [0, 0.1) is 6.92 Å². The number of aliphatic hydroxyl groups is 1. The van der Waals surface area contributed by atoms with Crippen LogP contribution in [0.1, 0.15) is 22.9 Å². The number of rotatable bonds is 3. The van der Waals surface area contributed by atoms with Gasteiger partial charge < -0.3 is 5.11 Å². The first kappa shape index (κ1) is 12.1. The van der Waals surface area contributed by atoms with E-state index in [9.17, 15) is 5.11 Å². The third-order valence-electron chi connectivity index (χ3n) is 2.58. The van der Waals surface area contributed by atoms with Crippen LogP contribution in [0.2, 0.25) is 5.02 Å². The zero-order valence-corrected chi connectivity index (χ0v) is 10.4. The van der Waals surface area contributed by atoms with Gasteiger partial charge in [-0.25, -0.2) is 0 Å². The number of aliphatic hydroxyl groups excluding tert-OH is 1. The Morgan fingerprint density at radius 3 is 2.76 bits per heavy atom. The van der Waals surface area contributed by atoms with Gasteiger partial charge in [0.1, 0.15) is 0 Å². The summed E-state index contributed by atoms with van der Waals surface area (Å²) in [5, 5.41) is 10.8. The molecule has 2 aromatic rings. The van der Waals surface area contributed by atoms with E-state index in [4.69, 9.17) is 11.6 Å². The van der Waals surface area contributed by atoms with E-state index in [1.807, 2.05) is 37.3 Å². The highest BCUT2D eigenvalue weighted by Crippen LogP contribution is 2.22. The minimum Gasteiger partial charge on any atom is -0.388 e. The molecule has 2 rings (SSSR count). The van der Waals surface area contributed by atoms with Gasteiger partial charge in [-0.2, -0.15) is 0 Å². The van der Waals surface area contributed by atoms with Crippen molar-refractivity contribution in [1.82, 2.24) is 4.98 Å². The second-order valence-electron chi connectivity index (χ2n) is 4.10. The van der Waals surface area contributed by atoms with Crippen LogP contribution < -0.4 is 0 Å². The molecule has 1 aromatic carbocycles. The minimum absolute atomic E-state index is 0.501. The van der Waals surface area contributed by atoms with Crippen LogP contribution >= 0.6 is 11.6 Å². The predicted octanol–water partition coefficient (Wildman–Crippen LogP) is 3.32. The Morgan fingerprint density at radius 2 is 2.12 bits per heavy atom. The van der Waals surface area contributed by atoms with E-state index in [0.29, 0.717) is 11.4 Å². The summed E-state index contributed by atoms with van der Waals surface area (Å²) < 4.78 is 0. The summed E-state index contributed by atoms with van der Waals surface area (Å²) in [6.07, 6.45) is 1.66. The van der Waals surface area contributed by atoms with Gasteiger partial charge in [0, 0.05) is 23.3 Å². The fourth-order valence-corrected chi connectivity index (χ4v) is 2.09. The van der Waals surface area contributed by atoms with E-state index < -0.39 is 6.10 Å². The SMILES string of the molecule is Cc1cc(Cl)cc(C(O)Cc2ccccn2)c1. The largest absolute Gasteiger partial charge is 0.388 e. The van der Waals surface area contributed by atoms with Crippen molar-refractivity contribution in [1.29, 1.82) is 0 Å². The van der Waals surface area contributed by atoms with E-state index in [1.54, 1.807) is 12.3 Å². The van der Waals surface area contributed by atoms with Crippen molar-refractivity contribution in [3.63, 3.8) is 0 Å². The Hall–Kier alpha value is -1.38. The zero-order valence-electron chi connectivity index (χ0n) is 9.60. The summed E-state index contributed by atoms with van der Waals surface area (Å²) in [5.74, 6) is 0. The number of aromatic nitrogens is 1. The number of hydrogen-bond donors (Lipinski definition) is 1. The van der Waals surface area contributed by atoms with Crippen molar-refractivity contribution in [2.24, 2.45) is 0 Å². The molecule has 0 radical (unpaired) electrons. The lowest BCUT2D eigenvalue weighted by Gasteiger charge is -2.11. The quantitative estimate of drug-likeness (QED) is 0.903. The van der Waals surface area contributed by atoms with Crippen molar-refractivity contribution in [3.8, 4) is 0 Å². The molecule has 1 heterocycles. The normalized spacial score (nSPS) is 12.4. The average molecular weight is 248 g/mol. The second-order valence-corrected chi connectivity index (χ2v) is 4.54. The smallest absolute Gasteiger partial charge is 0.0846 e. The maximum absolute atomic E-state index is 10.1. The van der Waals surface area contributed by atoms with Crippen molar-refractivity contribution >= 4 is 11.6 Å². The number of nitrogens with zero attached hydrogens (tertiary/aromatic N) is 1. The molecule has 0 aliphatic carbocycles. The fraction of sp³-hybridized carbons (Fsp3) is 0.214. The Labute approximate surface area is 106 Å². The molecule has 0 amide bonds. The molecule has 0 bridgehead atoms. The monoisotopic (exact) mass is 247 g/mol. The molecule has 1 atom stereocenters. The fourth-order valence-electron chi connectivity index (χ4n) is 1.79. The first-order chi connectivity index (χ1) is 8.15. The Morgan fingerprint density at radius 1 is 1.29 bits per heavy atom. The van der Waals surface area contributed by atoms with Crippen LogP contribution in [0.25, 0.3) is 0 Å². The van der Waals surface area contributed by atoms with Crippen LogP contribution in [0.5, 0.6) is 0 Å². The van der Waals surface area contributed by atoms with Crippen LogP contribution in [-0.2, 0) is 6.42 Å². The van der Waals surface area contributed by atoms with E-state index in [0.717, 1.165) is 16.8 Å². The lowest BCUT2D eigenvalue weighted by atomic mass is 10.0. The zero-order chi connectivity index (χ0) is 12.3. The van der Waals surface area contributed by atoms with Crippen LogP contribution in [0.3, 0.4) is 0 Å². The van der Waals surface area contributed by atoms with Gasteiger partial charge in [-0.05, 0) is 42.3 Å². The summed E-state index contributed by atoms with van der Waals surface area (Å²) in [4.78, 5) is 4.20. The Kier molecular flexibility index (Phi) is 3.77. The molecule has 0 fully saturated rings. The standard InChI is InChI=1S/C14H14ClNO/c1-10-6-11(8-12(15)7-10)14(17)9-13-4-2-3-5-16-13/h2-8,14,17H,9H2,1H3. The summed E-state index contributed by atoms with van der Waals surface area (Å²) in [7, 11) is 0. The van der Waals surface area contributed by atoms with E-state index in [-0.39, 0.29) is 0 Å². The van der Waals surface area contributed by atoms with Crippen molar-refractivity contribution in [2.45, 2.75) is 19.4 Å². The van der Waals surface area contributed by atoms with E-state index >= 15 is 0 Å². The van der Waals surface area contributed by atoms with E-state index in [2.05, 4.69) is 4.98 Å². The lowest BCUT2D eigenvalue weighted by molar-refractivity contribution is 0.177. The number of benzene rings is 1. The molecule has 88 valence electrons. The summed E-state index contributed by atoms with van der Waals surface area (Å²) >= 11 is 5.97. The average Bonchev–Trinajstić information content (AvgIpc) is 2.29. The van der Waals surface area contributed by atoms with Gasteiger partial charge in [0.2, 0.25) is 0 Å². The number of pyridine rings is 1. The van der Waals surface area contributed by atoms with Crippen molar-refractivity contribution < 1.29 is 5.11 Å². The molecule has 1 N–H and O–H groups in total. The number of aryl methyl sites for hydroxylation is 1. The maximum atomic E-state index is 10.1. The molecular formula is C14H14ClNO. The van der Waals surface area contributed by atoms with Gasteiger partial charge in [0.05, 0.1) is 6.10 Å². The molecule has 0 saturated heterocycles. The number of hydrogen-bond acceptors (Lipinski definition) is 2. The van der Waals surface area contributed by atoms with Crippen molar-refractivity contribution in [3.05, 3.63) is 64.4 Å². The molecule has 0 aliphatic rings. The third kappa shape index (κ3) is 3.29. The van der Waals surface area contributed by atoms with Gasteiger partial charge in [-0.1, -0.05) is 23.7 Å². The third-order valence-corrected chi connectivity index (χ3v) is 2.80. The second kappa shape index (κ2) is 5.30. The molecule has 17 heavy (non-hydrogen) atoms. The highest BCUT2D eigenvalue weighted by Gasteiger charge is 2.10.